The number of hydrogen-bond donors (Lipinski definition) is 0. The normalized spacial score (nSPS) is 12.8. The predicted molar refractivity (Wildman–Crippen MR) is 89.6 cm³/mol. The lowest BCUT2D eigenvalue weighted by Gasteiger charge is -2.10. The van der Waals surface area contributed by atoms with Crippen LogP contribution in [0.1, 0.15) is 15.3 Å². The maximum absolute atomic E-state index is 5.94. The Morgan fingerprint density at radius 3 is 2.29 bits per heavy atom. The van der Waals surface area contributed by atoms with Crippen LogP contribution in [0.25, 0.3) is 0 Å². The van der Waals surface area contributed by atoms with E-state index in [0.717, 1.165) is 23.3 Å². The molecule has 90 valence electrons. The van der Waals surface area contributed by atoms with E-state index in [1.807, 2.05) is 18.2 Å². The van der Waals surface area contributed by atoms with Gasteiger partial charge in [-0.3, -0.25) is 0 Å². The van der Waals surface area contributed by atoms with Gasteiger partial charge >= 0.3 is 0 Å². The Balaban J connectivity index is 2.39. The van der Waals surface area contributed by atoms with Gasteiger partial charge in [0, 0.05) is 18.8 Å². The van der Waals surface area contributed by atoms with Crippen molar-refractivity contribution >= 4 is 86.7 Å². The van der Waals surface area contributed by atoms with E-state index in [2.05, 4.69) is 69.8 Å². The summed E-state index contributed by atoms with van der Waals surface area (Å²) >= 11 is 21.9. The van der Waals surface area contributed by atoms with Crippen LogP contribution in [0.5, 0.6) is 0 Å². The maximum atomic E-state index is 5.94. The van der Waals surface area contributed by atoms with Gasteiger partial charge in [0.1, 0.15) is 0 Å². The minimum atomic E-state index is 0.154. The van der Waals surface area contributed by atoms with Gasteiger partial charge in [-0.15, -0.1) is 11.3 Å². The molecule has 0 aliphatic carbocycles. The minimum absolute atomic E-state index is 0.154. The summed E-state index contributed by atoms with van der Waals surface area (Å²) in [6, 6.07) is 7.93. The molecule has 1 unspecified atom stereocenters. The van der Waals surface area contributed by atoms with Crippen molar-refractivity contribution in [3.05, 3.63) is 52.5 Å². The van der Waals surface area contributed by atoms with Crippen molar-refractivity contribution in [1.29, 1.82) is 0 Å². The second-order valence-electron chi connectivity index (χ2n) is 3.30. The van der Waals surface area contributed by atoms with Crippen molar-refractivity contribution in [2.24, 2.45) is 0 Å². The van der Waals surface area contributed by atoms with Gasteiger partial charge in [-0.25, -0.2) is 0 Å². The van der Waals surface area contributed by atoms with Crippen molar-refractivity contribution in [1.82, 2.24) is 0 Å². The van der Waals surface area contributed by atoms with Crippen molar-refractivity contribution in [2.75, 3.05) is 0 Å². The van der Waals surface area contributed by atoms with Gasteiger partial charge < -0.3 is 0 Å². The zero-order valence-corrected chi connectivity index (χ0v) is 16.1. The van der Waals surface area contributed by atoms with Crippen LogP contribution < -0.4 is 0 Å². The largest absolute Gasteiger partial charge is 0.131 e. The number of rotatable bonds is 2. The molecule has 1 aromatic heterocycles. The van der Waals surface area contributed by atoms with Crippen LogP contribution in [0.15, 0.2) is 37.0 Å². The smallest absolute Gasteiger partial charge is 0.0843 e. The molecule has 0 amide bonds. The summed E-state index contributed by atoms with van der Waals surface area (Å²) in [7, 11) is 0. The van der Waals surface area contributed by atoms with Crippen molar-refractivity contribution in [2.45, 2.75) is 4.83 Å². The van der Waals surface area contributed by atoms with Crippen LogP contribution in [-0.2, 0) is 0 Å². The topological polar surface area (TPSA) is 0 Å². The van der Waals surface area contributed by atoms with E-state index in [1.165, 1.54) is 4.88 Å². The molecular weight excluding hydrogens is 519 g/mol. The van der Waals surface area contributed by atoms with Crippen LogP contribution in [0.3, 0.4) is 0 Å². The molecular formula is C11H5Br4ClS. The Bertz CT molecular complexity index is 533. The highest BCUT2D eigenvalue weighted by Crippen LogP contribution is 2.43. The Kier molecular flexibility index (Phi) is 5.18. The predicted octanol–water partition coefficient (Wildman–Crippen LogP) is 7.17. The van der Waals surface area contributed by atoms with E-state index >= 15 is 0 Å². The summed E-state index contributed by atoms with van der Waals surface area (Å²) in [5.41, 5.74) is 1.16. The molecule has 2 rings (SSSR count). The minimum Gasteiger partial charge on any atom is -0.131 e. The molecule has 0 nitrogen and oxygen atoms in total. The fourth-order valence-electron chi connectivity index (χ4n) is 1.35. The number of thiophene rings is 1. The third-order valence-corrected chi connectivity index (χ3v) is 7.68. The average molecular weight is 524 g/mol. The zero-order valence-electron chi connectivity index (χ0n) is 8.18. The molecule has 0 spiro atoms. The van der Waals surface area contributed by atoms with E-state index in [1.54, 1.807) is 11.3 Å². The molecule has 0 fully saturated rings. The number of benzene rings is 1. The molecule has 0 aliphatic rings. The molecule has 2 aromatic rings. The van der Waals surface area contributed by atoms with Gasteiger partial charge in [0.05, 0.1) is 8.61 Å². The van der Waals surface area contributed by atoms with Gasteiger partial charge in [0.25, 0.3) is 0 Å². The first-order valence-electron chi connectivity index (χ1n) is 4.53. The first-order chi connectivity index (χ1) is 7.99. The summed E-state index contributed by atoms with van der Waals surface area (Å²) in [6.07, 6.45) is 0. The lowest BCUT2D eigenvalue weighted by molar-refractivity contribution is 1.21. The van der Waals surface area contributed by atoms with Gasteiger partial charge in [-0.05, 0) is 55.6 Å². The zero-order chi connectivity index (χ0) is 12.6. The fraction of sp³-hybridized carbons (Fsp3) is 0.0909. The van der Waals surface area contributed by atoms with Crippen LogP contribution in [0.4, 0.5) is 0 Å². The molecule has 0 bridgehead atoms. The van der Waals surface area contributed by atoms with Crippen LogP contribution in [0.2, 0.25) is 5.02 Å². The first-order valence-corrected chi connectivity index (χ1v) is 9.01. The van der Waals surface area contributed by atoms with Crippen LogP contribution >= 0.6 is 86.7 Å². The highest BCUT2D eigenvalue weighted by molar-refractivity contribution is 9.13. The standard InChI is InChI=1S/C11H5Br4ClS/c12-7-3-5(16)1-2-6(7)10(14)9-4-8(13)11(15)17-9/h1-4,10H. The van der Waals surface area contributed by atoms with E-state index in [0.29, 0.717) is 0 Å². The molecule has 0 N–H and O–H groups in total. The maximum Gasteiger partial charge on any atom is 0.0843 e. The lowest BCUT2D eigenvalue weighted by Crippen LogP contribution is -1.90. The molecule has 0 radical (unpaired) electrons. The molecule has 0 saturated heterocycles. The molecule has 1 heterocycles. The van der Waals surface area contributed by atoms with Gasteiger partial charge in [0.15, 0.2) is 0 Å². The van der Waals surface area contributed by atoms with Crippen molar-refractivity contribution in [3.8, 4) is 0 Å². The fourth-order valence-corrected chi connectivity index (χ4v) is 5.47. The van der Waals surface area contributed by atoms with E-state index < -0.39 is 0 Å². The van der Waals surface area contributed by atoms with Gasteiger partial charge in [0.2, 0.25) is 0 Å². The van der Waals surface area contributed by atoms with E-state index in [9.17, 15) is 0 Å². The lowest BCUT2D eigenvalue weighted by atomic mass is 10.1. The third-order valence-electron chi connectivity index (χ3n) is 2.15. The van der Waals surface area contributed by atoms with Gasteiger partial charge in [-0.1, -0.05) is 49.5 Å². The van der Waals surface area contributed by atoms with Crippen molar-refractivity contribution < 1.29 is 0 Å². The molecule has 6 heteroatoms. The van der Waals surface area contributed by atoms with E-state index in [-0.39, 0.29) is 4.83 Å². The molecule has 1 aromatic carbocycles. The molecule has 1 atom stereocenters. The molecule has 0 aliphatic heterocycles. The van der Waals surface area contributed by atoms with Crippen LogP contribution in [0, 0.1) is 0 Å². The second kappa shape index (κ2) is 6.06. The summed E-state index contributed by atoms with van der Waals surface area (Å²) < 4.78 is 3.18. The Labute approximate surface area is 142 Å². The Morgan fingerprint density at radius 1 is 1.06 bits per heavy atom. The summed E-state index contributed by atoms with van der Waals surface area (Å²) in [5, 5.41) is 0.730. The van der Waals surface area contributed by atoms with Crippen molar-refractivity contribution in [3.63, 3.8) is 0 Å². The quantitative estimate of drug-likeness (QED) is 0.366. The highest BCUT2D eigenvalue weighted by Gasteiger charge is 2.17. The SMILES string of the molecule is Clc1ccc(C(Br)c2cc(Br)c(Br)s2)c(Br)c1. The number of hydrogen-bond acceptors (Lipinski definition) is 1. The number of alkyl halides is 1. The molecule has 17 heavy (non-hydrogen) atoms. The average Bonchev–Trinajstić information content (AvgIpc) is 2.58. The Hall–Kier alpha value is 1.13. The summed E-state index contributed by atoms with van der Waals surface area (Å²) in [6.45, 7) is 0. The third kappa shape index (κ3) is 3.37. The number of halogens is 5. The highest BCUT2D eigenvalue weighted by atomic mass is 79.9. The van der Waals surface area contributed by atoms with Crippen LogP contribution in [-0.4, -0.2) is 0 Å². The first kappa shape index (κ1) is 14.5. The van der Waals surface area contributed by atoms with Gasteiger partial charge in [-0.2, -0.15) is 0 Å². The van der Waals surface area contributed by atoms with E-state index in [4.69, 9.17) is 11.6 Å². The summed E-state index contributed by atoms with van der Waals surface area (Å²) in [5.74, 6) is 0. The summed E-state index contributed by atoms with van der Waals surface area (Å²) in [4.78, 5) is 1.38. The second-order valence-corrected chi connectivity index (χ2v) is 8.76. The monoisotopic (exact) mass is 520 g/mol. The Morgan fingerprint density at radius 2 is 1.76 bits per heavy atom. The molecule has 0 saturated carbocycles.